The van der Waals surface area contributed by atoms with Crippen LogP contribution in [-0.4, -0.2) is 50.4 Å². The van der Waals surface area contributed by atoms with Crippen molar-refractivity contribution >= 4 is 33.3 Å². The summed E-state index contributed by atoms with van der Waals surface area (Å²) < 4.78 is 6.98. The van der Waals surface area contributed by atoms with Gasteiger partial charge in [0.15, 0.2) is 11.6 Å². The van der Waals surface area contributed by atoms with Gasteiger partial charge in [0.2, 0.25) is 0 Å². The van der Waals surface area contributed by atoms with Crippen LogP contribution < -0.4 is 5.32 Å². The molecule has 1 saturated carbocycles. The van der Waals surface area contributed by atoms with Gasteiger partial charge in [0.1, 0.15) is 15.5 Å². The Bertz CT molecular complexity index is 1300. The highest BCUT2D eigenvalue weighted by Gasteiger charge is 2.29. The minimum absolute atomic E-state index is 0.180. The summed E-state index contributed by atoms with van der Waals surface area (Å²) in [6.07, 6.45) is 6.35. The zero-order valence-electron chi connectivity index (χ0n) is 18.5. The van der Waals surface area contributed by atoms with E-state index in [1.54, 1.807) is 6.20 Å². The van der Waals surface area contributed by atoms with E-state index in [9.17, 15) is 9.90 Å². The van der Waals surface area contributed by atoms with Crippen LogP contribution in [0, 0.1) is 5.92 Å². The van der Waals surface area contributed by atoms with E-state index in [0.717, 1.165) is 35.8 Å². The fraction of sp³-hybridized carbons (Fsp3) is 0.333. The lowest BCUT2D eigenvalue weighted by Gasteiger charge is -2.16. The Balaban J connectivity index is 1.74. The van der Waals surface area contributed by atoms with Gasteiger partial charge in [-0.3, -0.25) is 0 Å². The summed E-state index contributed by atoms with van der Waals surface area (Å²) in [6, 6.07) is 9.96. The lowest BCUT2D eigenvalue weighted by Crippen LogP contribution is -2.18. The summed E-state index contributed by atoms with van der Waals surface area (Å²) in [5.74, 6) is 1.70. The smallest absolute Gasteiger partial charge is 0.348 e. The fourth-order valence-electron chi connectivity index (χ4n) is 4.47. The van der Waals surface area contributed by atoms with Crippen LogP contribution in [0.3, 0.4) is 0 Å². The number of esters is 1. The molecular weight excluding hydrogens is 438 g/mol. The molecule has 0 aliphatic heterocycles. The number of nitrogens with zero attached hydrogens (tertiary/aromatic N) is 4. The van der Waals surface area contributed by atoms with Crippen LogP contribution in [0.1, 0.15) is 28.9 Å². The van der Waals surface area contributed by atoms with Gasteiger partial charge in [-0.25, -0.2) is 19.7 Å². The van der Waals surface area contributed by atoms with E-state index in [1.165, 1.54) is 18.4 Å². The van der Waals surface area contributed by atoms with Crippen LogP contribution in [0.5, 0.6) is 0 Å². The SMILES string of the molecule is COC(=O)c1sc2nc(-c3nccn3C)nc(N[C@@H]3CC[C@H](CO)C3)c2c1-c1ccccc1. The second-order valence-corrected chi connectivity index (χ2v) is 9.30. The van der Waals surface area contributed by atoms with Gasteiger partial charge in [0.05, 0.1) is 12.5 Å². The van der Waals surface area contributed by atoms with Crippen molar-refractivity contribution < 1.29 is 14.6 Å². The molecule has 2 atom stereocenters. The van der Waals surface area contributed by atoms with Crippen LogP contribution in [-0.2, 0) is 11.8 Å². The molecule has 0 unspecified atom stereocenters. The van der Waals surface area contributed by atoms with Crippen LogP contribution in [0.15, 0.2) is 42.7 Å². The number of imidazole rings is 1. The summed E-state index contributed by atoms with van der Waals surface area (Å²) in [5, 5.41) is 14.0. The Morgan fingerprint density at radius 1 is 1.27 bits per heavy atom. The maximum atomic E-state index is 12.8. The van der Waals surface area contributed by atoms with Gasteiger partial charge in [-0.15, -0.1) is 11.3 Å². The second kappa shape index (κ2) is 8.92. The zero-order valence-corrected chi connectivity index (χ0v) is 19.3. The number of aliphatic hydroxyl groups excluding tert-OH is 1. The average Bonchev–Trinajstić information content (AvgIpc) is 3.57. The third-order valence-electron chi connectivity index (χ3n) is 6.15. The Kier molecular flexibility index (Phi) is 5.82. The second-order valence-electron chi connectivity index (χ2n) is 8.30. The van der Waals surface area contributed by atoms with Crippen molar-refractivity contribution in [2.24, 2.45) is 13.0 Å². The largest absolute Gasteiger partial charge is 0.465 e. The highest BCUT2D eigenvalue weighted by atomic mass is 32.1. The quantitative estimate of drug-likeness (QED) is 0.415. The highest BCUT2D eigenvalue weighted by molar-refractivity contribution is 7.21. The molecule has 170 valence electrons. The monoisotopic (exact) mass is 463 g/mol. The molecule has 8 nitrogen and oxygen atoms in total. The topological polar surface area (TPSA) is 102 Å². The van der Waals surface area contributed by atoms with E-state index in [-0.39, 0.29) is 18.6 Å². The Hall–Kier alpha value is -3.30. The standard InChI is InChI=1S/C24H25N5O3S/c1-29-11-10-25-22(29)21-27-20(26-16-9-8-14(12-16)13-30)18-17(15-6-4-3-5-7-15)19(24(31)32-2)33-23(18)28-21/h3-7,10-11,14,16,30H,8-9,12-13H2,1-2H3,(H,26,27,28)/t14-,16+/m0/s1. The Labute approximate surface area is 195 Å². The summed E-state index contributed by atoms with van der Waals surface area (Å²) in [5.41, 5.74) is 1.67. The Morgan fingerprint density at radius 3 is 2.76 bits per heavy atom. The summed E-state index contributed by atoms with van der Waals surface area (Å²) in [4.78, 5) is 28.1. The lowest BCUT2D eigenvalue weighted by atomic mass is 10.0. The number of hydrogen-bond acceptors (Lipinski definition) is 8. The minimum atomic E-state index is -0.400. The van der Waals surface area contributed by atoms with Crippen molar-refractivity contribution in [3.8, 4) is 22.8 Å². The van der Waals surface area contributed by atoms with Gasteiger partial charge in [-0.2, -0.15) is 0 Å². The molecule has 0 saturated heterocycles. The number of fused-ring (bicyclic) bond motifs is 1. The first-order valence-corrected chi connectivity index (χ1v) is 11.7. The molecule has 0 bridgehead atoms. The molecule has 1 aromatic carbocycles. The molecule has 1 fully saturated rings. The normalized spacial score (nSPS) is 18.0. The van der Waals surface area contributed by atoms with Crippen molar-refractivity contribution in [3.63, 3.8) is 0 Å². The van der Waals surface area contributed by atoms with Crippen LogP contribution >= 0.6 is 11.3 Å². The van der Waals surface area contributed by atoms with Crippen LogP contribution in [0.25, 0.3) is 33.0 Å². The van der Waals surface area contributed by atoms with E-state index in [1.807, 2.05) is 48.1 Å². The predicted octanol–water partition coefficient (Wildman–Crippen LogP) is 4.12. The van der Waals surface area contributed by atoms with Gasteiger partial charge in [0, 0.05) is 37.7 Å². The van der Waals surface area contributed by atoms with E-state index in [4.69, 9.17) is 14.7 Å². The third-order valence-corrected chi connectivity index (χ3v) is 7.21. The molecule has 33 heavy (non-hydrogen) atoms. The van der Waals surface area contributed by atoms with Gasteiger partial charge in [-0.1, -0.05) is 30.3 Å². The maximum absolute atomic E-state index is 12.8. The molecule has 2 N–H and O–H groups in total. The molecule has 1 aliphatic carbocycles. The van der Waals surface area contributed by atoms with E-state index in [2.05, 4.69) is 10.3 Å². The molecule has 4 aromatic rings. The fourth-order valence-corrected chi connectivity index (χ4v) is 5.58. The number of thiophene rings is 1. The first kappa shape index (κ1) is 21.5. The van der Waals surface area contributed by atoms with E-state index < -0.39 is 5.97 Å². The van der Waals surface area contributed by atoms with E-state index in [0.29, 0.717) is 27.2 Å². The number of rotatable bonds is 6. The average molecular weight is 464 g/mol. The highest BCUT2D eigenvalue weighted by Crippen LogP contribution is 2.43. The first-order valence-electron chi connectivity index (χ1n) is 10.9. The number of ether oxygens (including phenoxy) is 1. The molecule has 1 aliphatic rings. The van der Waals surface area contributed by atoms with Crippen molar-refractivity contribution in [1.82, 2.24) is 19.5 Å². The number of aryl methyl sites for hydroxylation is 1. The summed E-state index contributed by atoms with van der Waals surface area (Å²) in [6.45, 7) is 0.191. The molecule has 3 heterocycles. The lowest BCUT2D eigenvalue weighted by molar-refractivity contribution is 0.0607. The summed E-state index contributed by atoms with van der Waals surface area (Å²) in [7, 11) is 3.29. The number of aliphatic hydroxyl groups is 1. The number of aromatic nitrogens is 4. The number of carbonyl (C=O) groups is 1. The molecule has 0 radical (unpaired) electrons. The Morgan fingerprint density at radius 2 is 2.09 bits per heavy atom. The molecule has 5 rings (SSSR count). The third kappa shape index (κ3) is 3.98. The van der Waals surface area contributed by atoms with Gasteiger partial charge in [-0.05, 0) is 30.7 Å². The molecule has 3 aromatic heterocycles. The van der Waals surface area contributed by atoms with Crippen LogP contribution in [0.4, 0.5) is 5.82 Å². The van der Waals surface area contributed by atoms with Crippen molar-refractivity contribution in [2.75, 3.05) is 19.0 Å². The molecule has 0 spiro atoms. The molecule has 0 amide bonds. The molecular formula is C24H25N5O3S. The number of benzene rings is 1. The van der Waals surface area contributed by atoms with Gasteiger partial charge in [0.25, 0.3) is 0 Å². The van der Waals surface area contributed by atoms with Crippen molar-refractivity contribution in [2.45, 2.75) is 25.3 Å². The summed E-state index contributed by atoms with van der Waals surface area (Å²) >= 11 is 1.30. The number of hydrogen-bond donors (Lipinski definition) is 2. The minimum Gasteiger partial charge on any atom is -0.465 e. The van der Waals surface area contributed by atoms with Crippen molar-refractivity contribution in [3.05, 3.63) is 47.6 Å². The maximum Gasteiger partial charge on any atom is 0.348 e. The van der Waals surface area contributed by atoms with Crippen LogP contribution in [0.2, 0.25) is 0 Å². The first-order chi connectivity index (χ1) is 16.1. The number of nitrogens with one attached hydrogen (secondary N) is 1. The van der Waals surface area contributed by atoms with Crippen molar-refractivity contribution in [1.29, 1.82) is 0 Å². The van der Waals surface area contributed by atoms with Gasteiger partial charge >= 0.3 is 5.97 Å². The molecule has 9 heteroatoms. The zero-order chi connectivity index (χ0) is 22.9. The number of methoxy groups -OCH3 is 1. The predicted molar refractivity (Wildman–Crippen MR) is 128 cm³/mol. The van der Waals surface area contributed by atoms with E-state index >= 15 is 0 Å². The number of carbonyl (C=O) groups excluding carboxylic acids is 1. The number of anilines is 1. The van der Waals surface area contributed by atoms with Gasteiger partial charge < -0.3 is 19.7 Å².